The standard InChI is InChI=1S/C10H6N2OS/c13-7-3-1-6-2-4-9-10(8(6)5-7)12-14-11-9/h1-5,13H. The fourth-order valence-electron chi connectivity index (χ4n) is 1.56. The number of phenols is 1. The molecule has 0 atom stereocenters. The van der Waals surface area contributed by atoms with Crippen LogP contribution in [0, 0.1) is 0 Å². The van der Waals surface area contributed by atoms with Crippen molar-refractivity contribution in [3.63, 3.8) is 0 Å². The van der Waals surface area contributed by atoms with E-state index >= 15 is 0 Å². The van der Waals surface area contributed by atoms with E-state index in [0.717, 1.165) is 22.1 Å². The second kappa shape index (κ2) is 2.65. The molecule has 0 spiro atoms. The molecule has 1 N–H and O–H groups in total. The summed E-state index contributed by atoms with van der Waals surface area (Å²) in [5.74, 6) is 0.262. The number of fused-ring (bicyclic) bond motifs is 3. The lowest BCUT2D eigenvalue weighted by Crippen LogP contribution is -1.73. The van der Waals surface area contributed by atoms with Crippen LogP contribution < -0.4 is 0 Å². The highest BCUT2D eigenvalue weighted by molar-refractivity contribution is 7.58. The predicted molar refractivity (Wildman–Crippen MR) is 57.2 cm³/mol. The van der Waals surface area contributed by atoms with Crippen molar-refractivity contribution in [1.82, 2.24) is 0 Å². The zero-order valence-corrected chi connectivity index (χ0v) is 7.95. The van der Waals surface area contributed by atoms with Crippen molar-refractivity contribution < 1.29 is 5.11 Å². The highest BCUT2D eigenvalue weighted by atomic mass is 32.1. The first kappa shape index (κ1) is 7.70. The molecule has 4 heteroatoms. The van der Waals surface area contributed by atoms with E-state index in [9.17, 15) is 5.11 Å². The Hall–Kier alpha value is -1.68. The van der Waals surface area contributed by atoms with E-state index in [4.69, 9.17) is 0 Å². The number of aromatic hydroxyl groups is 1. The molecule has 1 heterocycles. The summed E-state index contributed by atoms with van der Waals surface area (Å²) in [6, 6.07) is 9.20. The Morgan fingerprint density at radius 3 is 2.86 bits per heavy atom. The quantitative estimate of drug-likeness (QED) is 0.597. The molecule has 0 aliphatic carbocycles. The van der Waals surface area contributed by atoms with Crippen molar-refractivity contribution in [2.75, 3.05) is 0 Å². The van der Waals surface area contributed by atoms with E-state index in [1.54, 1.807) is 12.1 Å². The summed E-state index contributed by atoms with van der Waals surface area (Å²) in [7, 11) is 0. The largest absolute Gasteiger partial charge is 0.508 e. The summed E-state index contributed by atoms with van der Waals surface area (Å²) < 4.78 is 8.35. The smallest absolute Gasteiger partial charge is 0.116 e. The van der Waals surface area contributed by atoms with Gasteiger partial charge in [-0.05, 0) is 23.6 Å². The minimum atomic E-state index is 0.262. The molecule has 3 nitrogen and oxygen atoms in total. The molecule has 0 unspecified atom stereocenters. The normalized spacial score (nSPS) is 12.9. The van der Waals surface area contributed by atoms with Gasteiger partial charge in [-0.3, -0.25) is 0 Å². The first-order valence-corrected chi connectivity index (χ1v) is 4.91. The molecule has 14 heavy (non-hydrogen) atoms. The van der Waals surface area contributed by atoms with E-state index in [1.165, 1.54) is 11.4 Å². The van der Waals surface area contributed by atoms with Crippen LogP contribution in [0.1, 0.15) is 0 Å². The third-order valence-corrected chi connectivity index (χ3v) is 2.77. The maximum atomic E-state index is 9.38. The Kier molecular flexibility index (Phi) is 1.46. The number of hydrogen-bond donors (Lipinski definition) is 1. The second-order valence-corrected chi connectivity index (χ2v) is 3.63. The topological polar surface area (TPSA) is 45.0 Å². The van der Waals surface area contributed by atoms with Crippen LogP contribution in [0.4, 0.5) is 11.4 Å². The Morgan fingerprint density at radius 2 is 1.93 bits per heavy atom. The molecule has 2 aromatic carbocycles. The van der Waals surface area contributed by atoms with Crippen LogP contribution in [0.3, 0.4) is 0 Å². The van der Waals surface area contributed by atoms with Crippen LogP contribution in [0.15, 0.2) is 39.1 Å². The SMILES string of the molecule is Oc1ccc2ccc3c(c2c1)N=S=N3. The van der Waals surface area contributed by atoms with Crippen LogP contribution in [-0.4, -0.2) is 5.11 Å². The summed E-state index contributed by atoms with van der Waals surface area (Å²) in [5.41, 5.74) is 1.75. The molecule has 0 fully saturated rings. The van der Waals surface area contributed by atoms with Crippen molar-refractivity contribution in [3.8, 4) is 5.75 Å². The molecule has 0 amide bonds. The van der Waals surface area contributed by atoms with Crippen molar-refractivity contribution in [2.45, 2.75) is 0 Å². The molecule has 0 saturated heterocycles. The lowest BCUT2D eigenvalue weighted by atomic mass is 10.1. The number of phenolic OH excluding ortho intramolecular Hbond substituents is 1. The molecule has 0 radical (unpaired) electrons. The van der Waals surface area contributed by atoms with E-state index in [-0.39, 0.29) is 5.75 Å². The summed E-state index contributed by atoms with van der Waals surface area (Å²) >= 11 is 1.19. The summed E-state index contributed by atoms with van der Waals surface area (Å²) in [5, 5.41) is 11.4. The number of benzene rings is 2. The summed E-state index contributed by atoms with van der Waals surface area (Å²) in [4.78, 5) is 0. The lowest BCUT2D eigenvalue weighted by Gasteiger charge is -2.01. The second-order valence-electron chi connectivity index (χ2n) is 3.10. The van der Waals surface area contributed by atoms with Gasteiger partial charge in [-0.25, -0.2) is 0 Å². The average Bonchev–Trinajstić information content (AvgIpc) is 2.65. The van der Waals surface area contributed by atoms with Gasteiger partial charge in [-0.15, -0.1) is 0 Å². The first-order chi connectivity index (χ1) is 6.84. The zero-order valence-electron chi connectivity index (χ0n) is 7.14. The Balaban J connectivity index is 2.49. The molecule has 0 aromatic heterocycles. The first-order valence-electron chi connectivity index (χ1n) is 4.18. The van der Waals surface area contributed by atoms with Crippen molar-refractivity contribution in [2.24, 2.45) is 8.73 Å². The van der Waals surface area contributed by atoms with Gasteiger partial charge in [0, 0.05) is 5.39 Å². The van der Waals surface area contributed by atoms with Gasteiger partial charge >= 0.3 is 0 Å². The molecule has 0 bridgehead atoms. The Labute approximate surface area is 83.9 Å². The van der Waals surface area contributed by atoms with Gasteiger partial charge in [-0.1, -0.05) is 12.1 Å². The maximum absolute atomic E-state index is 9.38. The van der Waals surface area contributed by atoms with Gasteiger partial charge in [0.2, 0.25) is 0 Å². The number of rotatable bonds is 0. The fourth-order valence-corrected chi connectivity index (χ4v) is 2.10. The molecule has 0 saturated carbocycles. The van der Waals surface area contributed by atoms with Crippen LogP contribution in [0.5, 0.6) is 5.75 Å². The van der Waals surface area contributed by atoms with Crippen molar-refractivity contribution in [1.29, 1.82) is 0 Å². The molecule has 3 rings (SSSR count). The molecule has 2 aromatic rings. The monoisotopic (exact) mass is 202 g/mol. The zero-order chi connectivity index (χ0) is 9.54. The molecule has 1 aliphatic rings. The molecular formula is C10H6N2OS. The van der Waals surface area contributed by atoms with Gasteiger partial charge in [0.25, 0.3) is 0 Å². The van der Waals surface area contributed by atoms with Gasteiger partial charge < -0.3 is 5.11 Å². The molecule has 68 valence electrons. The van der Waals surface area contributed by atoms with E-state index in [1.807, 2.05) is 18.2 Å². The summed E-state index contributed by atoms with van der Waals surface area (Å²) in [6.07, 6.45) is 0. The van der Waals surface area contributed by atoms with Crippen molar-refractivity contribution >= 4 is 33.5 Å². The number of nitrogens with zero attached hydrogens (tertiary/aromatic N) is 2. The third kappa shape index (κ3) is 0.975. The third-order valence-electron chi connectivity index (χ3n) is 2.23. The lowest BCUT2D eigenvalue weighted by molar-refractivity contribution is 0.476. The van der Waals surface area contributed by atoms with Crippen LogP contribution in [0.25, 0.3) is 10.8 Å². The minimum Gasteiger partial charge on any atom is -0.508 e. The van der Waals surface area contributed by atoms with Crippen LogP contribution >= 0.6 is 0 Å². The Morgan fingerprint density at radius 1 is 1.07 bits per heavy atom. The number of hydrogen-bond acceptors (Lipinski definition) is 3. The van der Waals surface area contributed by atoms with Crippen LogP contribution in [0.2, 0.25) is 0 Å². The fraction of sp³-hybridized carbons (Fsp3) is 0. The highest BCUT2D eigenvalue weighted by Gasteiger charge is 2.09. The minimum absolute atomic E-state index is 0.262. The summed E-state index contributed by atoms with van der Waals surface area (Å²) in [6.45, 7) is 0. The van der Waals surface area contributed by atoms with Crippen LogP contribution in [-0.2, 0) is 11.4 Å². The molecule has 1 aliphatic heterocycles. The van der Waals surface area contributed by atoms with E-state index < -0.39 is 0 Å². The van der Waals surface area contributed by atoms with Gasteiger partial charge in [0.1, 0.15) is 17.1 Å². The van der Waals surface area contributed by atoms with Gasteiger partial charge in [0.15, 0.2) is 0 Å². The van der Waals surface area contributed by atoms with E-state index in [0.29, 0.717) is 0 Å². The van der Waals surface area contributed by atoms with Gasteiger partial charge in [-0.2, -0.15) is 8.73 Å². The van der Waals surface area contributed by atoms with Gasteiger partial charge in [0.05, 0.1) is 11.4 Å². The predicted octanol–water partition coefficient (Wildman–Crippen LogP) is 3.27. The average molecular weight is 202 g/mol. The maximum Gasteiger partial charge on any atom is 0.116 e. The Bertz CT molecular complexity index is 600. The highest BCUT2D eigenvalue weighted by Crippen LogP contribution is 2.39. The van der Waals surface area contributed by atoms with Crippen molar-refractivity contribution in [3.05, 3.63) is 30.3 Å². The van der Waals surface area contributed by atoms with E-state index in [2.05, 4.69) is 8.73 Å². The molecular weight excluding hydrogens is 196 g/mol.